The largest absolute Gasteiger partial charge is 0.461 e. The zero-order valence-electron chi connectivity index (χ0n) is 13.4. The molecule has 2 amide bonds. The lowest BCUT2D eigenvalue weighted by molar-refractivity contribution is -0.175. The van der Waals surface area contributed by atoms with E-state index in [1.54, 1.807) is 0 Å². The second-order valence-corrected chi connectivity index (χ2v) is 5.22. The van der Waals surface area contributed by atoms with E-state index in [1.165, 1.54) is 4.90 Å². The van der Waals surface area contributed by atoms with Crippen LogP contribution in [0.5, 0.6) is 0 Å². The molecule has 0 saturated carbocycles. The molecule has 1 saturated heterocycles. The molecule has 1 aliphatic rings. The molecule has 0 bridgehead atoms. The van der Waals surface area contributed by atoms with Crippen LogP contribution in [0.3, 0.4) is 0 Å². The highest BCUT2D eigenvalue weighted by Crippen LogP contribution is 2.18. The van der Waals surface area contributed by atoms with Crippen LogP contribution in [0.4, 0.5) is 4.79 Å². The molecule has 1 unspecified atom stereocenters. The minimum atomic E-state index is -1.12. The number of hydrogen-bond donors (Lipinski definition) is 1. The van der Waals surface area contributed by atoms with Gasteiger partial charge in [0.05, 0.1) is 13.7 Å². The number of hydroxylamine groups is 1. The summed E-state index contributed by atoms with van der Waals surface area (Å²) in [6.07, 6.45) is 1.20. The van der Waals surface area contributed by atoms with Gasteiger partial charge < -0.3 is 9.47 Å². The maximum Gasteiger partial charge on any atom is 0.419 e. The number of piperidine rings is 1. The molecule has 8 nitrogen and oxygen atoms in total. The molecule has 1 aromatic rings. The molecule has 1 N–H and O–H groups in total. The molecule has 1 aromatic carbocycles. The molecule has 24 heavy (non-hydrogen) atoms. The smallest absolute Gasteiger partial charge is 0.419 e. The third-order valence-corrected chi connectivity index (χ3v) is 3.54. The maximum absolute atomic E-state index is 12.2. The molecular formula is C16H20N2O6. The van der Waals surface area contributed by atoms with Crippen LogP contribution in [0.25, 0.3) is 0 Å². The molecule has 2 rings (SSSR count). The third-order valence-electron chi connectivity index (χ3n) is 3.54. The Balaban J connectivity index is 1.85. The standard InChI is InChI=1S/C16H20N2O6/c1-22-14(19)15(20)24-13-9-5-6-10-18(13)16(21)17-23-11-12-7-3-2-4-8-12/h2-4,7-8,13H,5-6,9-11H2,1H3,(H,17,21). The van der Waals surface area contributed by atoms with Gasteiger partial charge in [-0.1, -0.05) is 30.3 Å². The van der Waals surface area contributed by atoms with Gasteiger partial charge in [0.15, 0.2) is 6.23 Å². The van der Waals surface area contributed by atoms with Crippen molar-refractivity contribution in [3.05, 3.63) is 35.9 Å². The van der Waals surface area contributed by atoms with Crippen molar-refractivity contribution in [2.24, 2.45) is 0 Å². The lowest BCUT2D eigenvalue weighted by atomic mass is 10.1. The summed E-state index contributed by atoms with van der Waals surface area (Å²) in [4.78, 5) is 41.4. The van der Waals surface area contributed by atoms with Crippen molar-refractivity contribution in [2.75, 3.05) is 13.7 Å². The quantitative estimate of drug-likeness (QED) is 0.507. The highest BCUT2D eigenvalue weighted by atomic mass is 16.7. The number of likely N-dealkylation sites (tertiary alicyclic amines) is 1. The molecule has 130 valence electrons. The number of esters is 2. The Morgan fingerprint density at radius 1 is 1.17 bits per heavy atom. The Bertz CT molecular complexity index is 577. The average Bonchev–Trinajstić information content (AvgIpc) is 2.62. The summed E-state index contributed by atoms with van der Waals surface area (Å²) in [5.74, 6) is -2.21. The van der Waals surface area contributed by atoms with Crippen molar-refractivity contribution < 1.29 is 28.7 Å². The van der Waals surface area contributed by atoms with Crippen LogP contribution < -0.4 is 5.48 Å². The van der Waals surface area contributed by atoms with Gasteiger partial charge in [-0.25, -0.2) is 19.9 Å². The van der Waals surface area contributed by atoms with E-state index in [9.17, 15) is 14.4 Å². The fourth-order valence-corrected chi connectivity index (χ4v) is 2.32. The Labute approximate surface area is 139 Å². The van der Waals surface area contributed by atoms with Crippen molar-refractivity contribution in [3.8, 4) is 0 Å². The summed E-state index contributed by atoms with van der Waals surface area (Å²) in [5.41, 5.74) is 3.23. The van der Waals surface area contributed by atoms with Gasteiger partial charge in [-0.3, -0.25) is 9.74 Å². The lowest BCUT2D eigenvalue weighted by Gasteiger charge is -2.34. The third kappa shape index (κ3) is 4.95. The van der Waals surface area contributed by atoms with Gasteiger partial charge >= 0.3 is 18.0 Å². The number of ether oxygens (including phenoxy) is 2. The first-order valence-electron chi connectivity index (χ1n) is 7.63. The molecule has 1 atom stereocenters. The van der Waals surface area contributed by atoms with Crippen LogP contribution >= 0.6 is 0 Å². The molecule has 0 spiro atoms. The molecule has 0 aliphatic carbocycles. The van der Waals surface area contributed by atoms with E-state index in [4.69, 9.17) is 9.57 Å². The van der Waals surface area contributed by atoms with Crippen LogP contribution in [0.15, 0.2) is 30.3 Å². The predicted molar refractivity (Wildman–Crippen MR) is 82.2 cm³/mol. The first-order valence-corrected chi connectivity index (χ1v) is 7.63. The SMILES string of the molecule is COC(=O)C(=O)OC1CCCCN1C(=O)NOCc1ccccc1. The maximum atomic E-state index is 12.2. The fraction of sp³-hybridized carbons (Fsp3) is 0.438. The normalized spacial score (nSPS) is 17.0. The number of urea groups is 1. The highest BCUT2D eigenvalue weighted by molar-refractivity contribution is 6.29. The minimum Gasteiger partial charge on any atom is -0.461 e. The topological polar surface area (TPSA) is 94.2 Å². The van der Waals surface area contributed by atoms with Crippen molar-refractivity contribution in [3.63, 3.8) is 0 Å². The summed E-state index contributed by atoms with van der Waals surface area (Å²) in [6, 6.07) is 8.84. The van der Waals surface area contributed by atoms with Crippen LogP contribution in [-0.2, 0) is 30.5 Å². The number of nitrogens with zero attached hydrogens (tertiary/aromatic N) is 1. The van der Waals surface area contributed by atoms with Gasteiger partial charge in [-0.05, 0) is 18.4 Å². The Morgan fingerprint density at radius 2 is 1.92 bits per heavy atom. The number of carbonyl (C=O) groups excluding carboxylic acids is 3. The molecule has 0 aromatic heterocycles. The monoisotopic (exact) mass is 336 g/mol. The zero-order valence-corrected chi connectivity index (χ0v) is 13.4. The number of carbonyl (C=O) groups is 3. The highest BCUT2D eigenvalue weighted by Gasteiger charge is 2.32. The van der Waals surface area contributed by atoms with E-state index >= 15 is 0 Å². The predicted octanol–water partition coefficient (Wildman–Crippen LogP) is 1.36. The first kappa shape index (κ1) is 17.7. The van der Waals surface area contributed by atoms with E-state index in [0.29, 0.717) is 13.0 Å². The van der Waals surface area contributed by atoms with Crippen LogP contribution in [-0.4, -0.2) is 42.8 Å². The van der Waals surface area contributed by atoms with Gasteiger partial charge in [0.1, 0.15) is 0 Å². The fourth-order valence-electron chi connectivity index (χ4n) is 2.32. The lowest BCUT2D eigenvalue weighted by Crippen LogP contribution is -2.50. The molecule has 0 radical (unpaired) electrons. The second kappa shape index (κ2) is 8.88. The number of nitrogens with one attached hydrogen (secondary N) is 1. The van der Waals surface area contributed by atoms with Crippen molar-refractivity contribution in [2.45, 2.75) is 32.1 Å². The second-order valence-electron chi connectivity index (χ2n) is 5.22. The number of methoxy groups -OCH3 is 1. The van der Waals surface area contributed by atoms with Crippen LogP contribution in [0, 0.1) is 0 Å². The van der Waals surface area contributed by atoms with Crippen molar-refractivity contribution >= 4 is 18.0 Å². The van der Waals surface area contributed by atoms with Crippen LogP contribution in [0.2, 0.25) is 0 Å². The number of rotatable bonds is 4. The zero-order chi connectivity index (χ0) is 17.4. The number of benzene rings is 1. The van der Waals surface area contributed by atoms with Gasteiger partial charge in [0, 0.05) is 13.0 Å². The molecular weight excluding hydrogens is 316 g/mol. The van der Waals surface area contributed by atoms with E-state index in [0.717, 1.165) is 25.5 Å². The Morgan fingerprint density at radius 3 is 2.62 bits per heavy atom. The van der Waals surface area contributed by atoms with Gasteiger partial charge in [-0.15, -0.1) is 0 Å². The van der Waals surface area contributed by atoms with E-state index in [2.05, 4.69) is 10.2 Å². The van der Waals surface area contributed by atoms with Crippen LogP contribution in [0.1, 0.15) is 24.8 Å². The Hall–Kier alpha value is -2.61. The van der Waals surface area contributed by atoms with E-state index in [1.807, 2.05) is 30.3 Å². The van der Waals surface area contributed by atoms with Crippen molar-refractivity contribution in [1.82, 2.24) is 10.4 Å². The van der Waals surface area contributed by atoms with Gasteiger partial charge in [0.2, 0.25) is 0 Å². The van der Waals surface area contributed by atoms with Crippen molar-refractivity contribution in [1.29, 1.82) is 0 Å². The van der Waals surface area contributed by atoms with Gasteiger partial charge in [0.25, 0.3) is 0 Å². The number of amides is 2. The van der Waals surface area contributed by atoms with E-state index in [-0.39, 0.29) is 6.61 Å². The first-order chi connectivity index (χ1) is 11.6. The number of hydrogen-bond acceptors (Lipinski definition) is 6. The van der Waals surface area contributed by atoms with E-state index < -0.39 is 24.2 Å². The summed E-state index contributed by atoms with van der Waals surface area (Å²) in [5, 5.41) is 0. The summed E-state index contributed by atoms with van der Waals surface area (Å²) in [6.45, 7) is 0.618. The van der Waals surface area contributed by atoms with Gasteiger partial charge in [-0.2, -0.15) is 0 Å². The Kier molecular flexibility index (Phi) is 6.56. The molecule has 1 heterocycles. The molecule has 1 aliphatic heterocycles. The summed E-state index contributed by atoms with van der Waals surface area (Å²) in [7, 11) is 1.09. The minimum absolute atomic E-state index is 0.215. The molecule has 1 fully saturated rings. The average molecular weight is 336 g/mol. The molecule has 8 heteroatoms. The summed E-state index contributed by atoms with van der Waals surface area (Å²) >= 11 is 0. The summed E-state index contributed by atoms with van der Waals surface area (Å²) < 4.78 is 9.34.